The Hall–Kier alpha value is -4.30. The van der Waals surface area contributed by atoms with Gasteiger partial charge in [-0.2, -0.15) is 0 Å². The molecule has 0 aromatic heterocycles. The van der Waals surface area contributed by atoms with Gasteiger partial charge >= 0.3 is 0 Å². The number of methoxy groups -OCH3 is 1. The molecule has 0 spiro atoms. The van der Waals surface area contributed by atoms with E-state index in [-0.39, 0.29) is 10.8 Å². The number of anilines is 2. The zero-order valence-corrected chi connectivity index (χ0v) is 20.5. The molecule has 0 aliphatic heterocycles. The van der Waals surface area contributed by atoms with Gasteiger partial charge in [-0.05, 0) is 66.2 Å². The molecule has 4 rings (SSSR count). The molecule has 0 heterocycles. The summed E-state index contributed by atoms with van der Waals surface area (Å²) in [6, 6.07) is 29.5. The van der Waals surface area contributed by atoms with Gasteiger partial charge in [-0.25, -0.2) is 8.42 Å². The molecule has 4 aromatic carbocycles. The normalized spacial score (nSPS) is 10.9. The summed E-state index contributed by atoms with van der Waals surface area (Å²) in [5, 5.41) is 2.80. The molecular weight excluding hydrogens is 476 g/mol. The monoisotopic (exact) mass is 502 g/mol. The van der Waals surface area contributed by atoms with Gasteiger partial charge in [0.15, 0.2) is 0 Å². The van der Waals surface area contributed by atoms with Crippen molar-refractivity contribution < 1.29 is 22.7 Å². The third-order valence-electron chi connectivity index (χ3n) is 5.39. The second-order valence-corrected chi connectivity index (χ2v) is 9.58. The van der Waals surface area contributed by atoms with Gasteiger partial charge < -0.3 is 14.8 Å². The van der Waals surface area contributed by atoms with Gasteiger partial charge in [0.1, 0.15) is 11.5 Å². The first-order valence-electron chi connectivity index (χ1n) is 11.3. The fourth-order valence-corrected chi connectivity index (χ4v) is 4.55. The molecule has 0 saturated carbocycles. The van der Waals surface area contributed by atoms with Gasteiger partial charge in [-0.3, -0.25) is 9.52 Å². The number of carbonyl (C=O) groups excluding carboxylic acids is 1. The number of nitrogens with one attached hydrogen (secondary N) is 2. The lowest BCUT2D eigenvalue weighted by atomic mass is 10.1. The van der Waals surface area contributed by atoms with Crippen molar-refractivity contribution in [2.24, 2.45) is 0 Å². The van der Waals surface area contributed by atoms with Crippen LogP contribution in [0.5, 0.6) is 11.5 Å². The summed E-state index contributed by atoms with van der Waals surface area (Å²) in [5.74, 6) is 0.757. The quantitative estimate of drug-likeness (QED) is 0.304. The maximum Gasteiger partial charge on any atom is 0.261 e. The highest BCUT2D eigenvalue weighted by molar-refractivity contribution is 7.92. The van der Waals surface area contributed by atoms with Crippen LogP contribution in [0.15, 0.2) is 108 Å². The van der Waals surface area contributed by atoms with Crippen molar-refractivity contribution in [1.82, 2.24) is 0 Å². The maximum atomic E-state index is 12.9. The Balaban J connectivity index is 1.39. The molecule has 0 aliphatic carbocycles. The van der Waals surface area contributed by atoms with E-state index in [2.05, 4.69) is 10.0 Å². The van der Waals surface area contributed by atoms with E-state index in [4.69, 9.17) is 9.47 Å². The largest absolute Gasteiger partial charge is 0.497 e. The first kappa shape index (κ1) is 24.8. The highest BCUT2D eigenvalue weighted by Gasteiger charge is 2.16. The third kappa shape index (κ3) is 6.43. The highest BCUT2D eigenvalue weighted by Crippen LogP contribution is 2.23. The molecule has 36 heavy (non-hydrogen) atoms. The standard InChI is InChI=1S/C28H26N2O5S/c1-34-24-15-11-23(12-16-24)30-36(32,33)25-17-13-22(14-18-25)29-28(31)26-9-5-6-10-27(26)35-20-19-21-7-3-2-4-8-21/h2-18,30H,19-20H2,1H3,(H,29,31). The van der Waals surface area contributed by atoms with Crippen molar-refractivity contribution in [2.75, 3.05) is 23.8 Å². The lowest BCUT2D eigenvalue weighted by Gasteiger charge is -2.12. The molecule has 7 nitrogen and oxygen atoms in total. The predicted octanol–water partition coefficient (Wildman–Crippen LogP) is 5.37. The minimum atomic E-state index is -3.79. The molecule has 1 amide bonds. The van der Waals surface area contributed by atoms with E-state index in [1.54, 1.807) is 54.6 Å². The van der Waals surface area contributed by atoms with Crippen molar-refractivity contribution in [2.45, 2.75) is 11.3 Å². The molecule has 0 fully saturated rings. The number of benzene rings is 4. The summed E-state index contributed by atoms with van der Waals surface area (Å²) in [6.07, 6.45) is 0.720. The first-order chi connectivity index (χ1) is 17.4. The van der Waals surface area contributed by atoms with Crippen LogP contribution >= 0.6 is 0 Å². The van der Waals surface area contributed by atoms with Gasteiger partial charge in [-0.15, -0.1) is 0 Å². The number of hydrogen-bond donors (Lipinski definition) is 2. The van der Waals surface area contributed by atoms with Crippen molar-refractivity contribution in [3.8, 4) is 11.5 Å². The zero-order chi connectivity index (χ0) is 25.4. The number of rotatable bonds is 10. The van der Waals surface area contributed by atoms with E-state index in [0.29, 0.717) is 35.0 Å². The average molecular weight is 503 g/mol. The summed E-state index contributed by atoms with van der Waals surface area (Å²) in [5.41, 5.74) is 2.42. The lowest BCUT2D eigenvalue weighted by Crippen LogP contribution is -2.15. The second-order valence-electron chi connectivity index (χ2n) is 7.89. The van der Waals surface area contributed by atoms with Crippen LogP contribution in [0.2, 0.25) is 0 Å². The van der Waals surface area contributed by atoms with Crippen LogP contribution in [0, 0.1) is 0 Å². The number of ether oxygens (including phenoxy) is 2. The summed E-state index contributed by atoms with van der Waals surface area (Å²) in [7, 11) is -2.25. The number of carbonyl (C=O) groups is 1. The van der Waals surface area contributed by atoms with Crippen LogP contribution in [0.25, 0.3) is 0 Å². The van der Waals surface area contributed by atoms with Crippen molar-refractivity contribution >= 4 is 27.3 Å². The highest BCUT2D eigenvalue weighted by atomic mass is 32.2. The molecular formula is C28H26N2O5S. The number of para-hydroxylation sites is 1. The Morgan fingerprint density at radius 2 is 1.42 bits per heavy atom. The first-order valence-corrected chi connectivity index (χ1v) is 12.8. The number of hydrogen-bond acceptors (Lipinski definition) is 5. The van der Waals surface area contributed by atoms with Crippen LogP contribution in [0.3, 0.4) is 0 Å². The Morgan fingerprint density at radius 3 is 2.11 bits per heavy atom. The average Bonchev–Trinajstić information content (AvgIpc) is 2.90. The topological polar surface area (TPSA) is 93.7 Å². The second kappa shape index (κ2) is 11.4. The van der Waals surface area contributed by atoms with Crippen LogP contribution in [0.1, 0.15) is 15.9 Å². The summed E-state index contributed by atoms with van der Waals surface area (Å²) in [6.45, 7) is 0.433. The summed E-state index contributed by atoms with van der Waals surface area (Å²) in [4.78, 5) is 13.0. The Kier molecular flexibility index (Phi) is 7.87. The Morgan fingerprint density at radius 1 is 0.778 bits per heavy atom. The van der Waals surface area contributed by atoms with Crippen LogP contribution in [-0.2, 0) is 16.4 Å². The number of amides is 1. The van der Waals surface area contributed by atoms with Gasteiger partial charge in [0.25, 0.3) is 15.9 Å². The SMILES string of the molecule is COc1ccc(NS(=O)(=O)c2ccc(NC(=O)c3ccccc3OCCc3ccccc3)cc2)cc1. The smallest absolute Gasteiger partial charge is 0.261 e. The van der Waals surface area contributed by atoms with Gasteiger partial charge in [0.05, 0.1) is 24.2 Å². The zero-order valence-electron chi connectivity index (χ0n) is 19.7. The Bertz CT molecular complexity index is 1400. The molecule has 0 atom stereocenters. The van der Waals surface area contributed by atoms with E-state index in [1.807, 2.05) is 36.4 Å². The van der Waals surface area contributed by atoms with E-state index >= 15 is 0 Å². The molecule has 0 aliphatic rings. The maximum absolute atomic E-state index is 12.9. The molecule has 0 unspecified atom stereocenters. The third-order valence-corrected chi connectivity index (χ3v) is 6.78. The van der Waals surface area contributed by atoms with Crippen LogP contribution < -0.4 is 19.5 Å². The van der Waals surface area contributed by atoms with Gasteiger partial charge in [0.2, 0.25) is 0 Å². The minimum absolute atomic E-state index is 0.0703. The van der Waals surface area contributed by atoms with E-state index in [9.17, 15) is 13.2 Å². The lowest BCUT2D eigenvalue weighted by molar-refractivity contribution is 0.102. The van der Waals surface area contributed by atoms with Crippen molar-refractivity contribution in [3.63, 3.8) is 0 Å². The van der Waals surface area contributed by atoms with Gasteiger partial charge in [0, 0.05) is 17.8 Å². The molecule has 8 heteroatoms. The molecule has 2 N–H and O–H groups in total. The van der Waals surface area contributed by atoms with Crippen LogP contribution in [0.4, 0.5) is 11.4 Å². The molecule has 0 saturated heterocycles. The van der Waals surface area contributed by atoms with E-state index in [0.717, 1.165) is 12.0 Å². The van der Waals surface area contributed by atoms with Crippen LogP contribution in [-0.4, -0.2) is 28.0 Å². The Labute approximate surface area is 210 Å². The molecule has 184 valence electrons. The fraction of sp³-hybridized carbons (Fsp3) is 0.107. The van der Waals surface area contributed by atoms with E-state index < -0.39 is 10.0 Å². The predicted molar refractivity (Wildman–Crippen MR) is 140 cm³/mol. The molecule has 0 radical (unpaired) electrons. The molecule has 4 aromatic rings. The fourth-order valence-electron chi connectivity index (χ4n) is 3.49. The summed E-state index contributed by atoms with van der Waals surface area (Å²) >= 11 is 0. The van der Waals surface area contributed by atoms with E-state index in [1.165, 1.54) is 19.2 Å². The van der Waals surface area contributed by atoms with Crippen molar-refractivity contribution in [3.05, 3.63) is 114 Å². The van der Waals surface area contributed by atoms with Gasteiger partial charge in [-0.1, -0.05) is 42.5 Å². The molecule has 0 bridgehead atoms. The van der Waals surface area contributed by atoms with Crippen molar-refractivity contribution in [1.29, 1.82) is 0 Å². The number of sulfonamides is 1. The minimum Gasteiger partial charge on any atom is -0.497 e. The summed E-state index contributed by atoms with van der Waals surface area (Å²) < 4.78 is 38.9.